The van der Waals surface area contributed by atoms with E-state index >= 15 is 0 Å². The van der Waals surface area contributed by atoms with Crippen LogP contribution in [0.15, 0.2) is 188 Å². The first-order chi connectivity index (χ1) is 26.8. The van der Waals surface area contributed by atoms with Crippen molar-refractivity contribution in [2.45, 2.75) is 0 Å². The largest absolute Gasteiger partial charge is 0.309 e. The maximum absolute atomic E-state index is 5.44. The Morgan fingerprint density at radius 2 is 1.02 bits per heavy atom. The predicted octanol–water partition coefficient (Wildman–Crippen LogP) is 13.8. The van der Waals surface area contributed by atoms with Crippen LogP contribution in [-0.2, 0) is 0 Å². The highest BCUT2D eigenvalue weighted by atomic mass is 32.1. The van der Waals surface area contributed by atoms with E-state index in [9.17, 15) is 0 Å². The Kier molecular flexibility index (Phi) is 7.04. The molecule has 0 spiro atoms. The van der Waals surface area contributed by atoms with E-state index in [2.05, 4.69) is 193 Å². The van der Waals surface area contributed by atoms with Gasteiger partial charge in [-0.05, 0) is 69.4 Å². The van der Waals surface area contributed by atoms with Crippen molar-refractivity contribution < 1.29 is 0 Å². The van der Waals surface area contributed by atoms with E-state index in [1.165, 1.54) is 54.0 Å². The van der Waals surface area contributed by atoms with Gasteiger partial charge < -0.3 is 4.57 Å². The van der Waals surface area contributed by atoms with Gasteiger partial charge in [0.05, 0.1) is 26.9 Å². The Morgan fingerprint density at radius 1 is 0.426 bits per heavy atom. The molecule has 0 saturated heterocycles. The van der Waals surface area contributed by atoms with Crippen molar-refractivity contribution in [1.82, 2.24) is 14.5 Å². The second-order valence-corrected chi connectivity index (χ2v) is 14.8. The minimum atomic E-state index is 0.714. The number of aromatic nitrogens is 3. The molecule has 0 N–H and O–H groups in total. The lowest BCUT2D eigenvalue weighted by atomic mass is 9.91. The van der Waals surface area contributed by atoms with Crippen LogP contribution in [0.3, 0.4) is 0 Å². The van der Waals surface area contributed by atoms with Crippen molar-refractivity contribution in [2.75, 3.05) is 0 Å². The van der Waals surface area contributed by atoms with Gasteiger partial charge in [-0.2, -0.15) is 0 Å². The van der Waals surface area contributed by atoms with Crippen LogP contribution in [0.4, 0.5) is 0 Å². The van der Waals surface area contributed by atoms with E-state index < -0.39 is 0 Å². The van der Waals surface area contributed by atoms with Gasteiger partial charge in [0, 0.05) is 37.7 Å². The summed E-state index contributed by atoms with van der Waals surface area (Å²) in [5, 5.41) is 6.10. The number of rotatable bonds is 5. The Hall–Kier alpha value is -6.88. The first-order valence-corrected chi connectivity index (χ1v) is 19.1. The third kappa shape index (κ3) is 4.88. The van der Waals surface area contributed by atoms with E-state index in [4.69, 9.17) is 9.97 Å². The normalized spacial score (nSPS) is 11.7. The molecular formula is C50H31N3S. The third-order valence-corrected chi connectivity index (χ3v) is 11.8. The molecule has 4 heteroatoms. The number of para-hydroxylation sites is 2. The van der Waals surface area contributed by atoms with Crippen LogP contribution < -0.4 is 0 Å². The highest BCUT2D eigenvalue weighted by Crippen LogP contribution is 2.42. The summed E-state index contributed by atoms with van der Waals surface area (Å²) in [7, 11) is 0. The molecular weight excluding hydrogens is 675 g/mol. The molecule has 11 aromatic rings. The van der Waals surface area contributed by atoms with Gasteiger partial charge in [-0.15, -0.1) is 11.3 Å². The molecule has 0 bridgehead atoms. The molecule has 0 amide bonds. The molecule has 3 aromatic heterocycles. The Bertz CT molecular complexity index is 3170. The fourth-order valence-electron chi connectivity index (χ4n) is 8.17. The monoisotopic (exact) mass is 705 g/mol. The fourth-order valence-corrected chi connectivity index (χ4v) is 9.33. The minimum Gasteiger partial charge on any atom is -0.309 e. The molecule has 0 radical (unpaired) electrons. The lowest BCUT2D eigenvalue weighted by Gasteiger charge is -2.14. The van der Waals surface area contributed by atoms with Gasteiger partial charge in [0.2, 0.25) is 0 Å². The van der Waals surface area contributed by atoms with Crippen molar-refractivity contribution in [3.8, 4) is 50.6 Å². The zero-order valence-electron chi connectivity index (χ0n) is 29.1. The molecule has 8 aromatic carbocycles. The van der Waals surface area contributed by atoms with E-state index in [-0.39, 0.29) is 0 Å². The summed E-state index contributed by atoms with van der Waals surface area (Å²) in [5.74, 6) is 0.714. The van der Waals surface area contributed by atoms with Crippen molar-refractivity contribution in [2.24, 2.45) is 0 Å². The summed E-state index contributed by atoms with van der Waals surface area (Å²) in [6.07, 6.45) is 0. The SMILES string of the molecule is c1ccc(-c2cccc3cccc(-c4cccc(-c5nc(-c6cccc(-n7c8ccccc8c8ccccc87)c6)nc6c5sc5ccccc56)c4)c23)cc1. The standard InChI is InChI=1S/C50H31N3S/c1-2-14-32(15-3-1)38-25-12-16-33-17-13-26-39(46(33)38)34-18-10-19-35(30-34)47-49-48(42-24-6-9-29-45(42)54-49)52-50(51-47)36-20-11-21-37(31-36)53-43-27-7-4-22-40(43)41-23-5-8-28-44(41)53/h1-31H. The number of hydrogen-bond donors (Lipinski definition) is 0. The summed E-state index contributed by atoms with van der Waals surface area (Å²) >= 11 is 1.77. The highest BCUT2D eigenvalue weighted by molar-refractivity contribution is 7.26. The van der Waals surface area contributed by atoms with Crippen LogP contribution in [-0.4, -0.2) is 14.5 Å². The molecule has 252 valence electrons. The topological polar surface area (TPSA) is 30.7 Å². The van der Waals surface area contributed by atoms with Gasteiger partial charge in [0.1, 0.15) is 0 Å². The summed E-state index contributed by atoms with van der Waals surface area (Å²) in [6, 6.07) is 67.3. The molecule has 0 unspecified atom stereocenters. The number of hydrogen-bond acceptors (Lipinski definition) is 3. The zero-order chi connectivity index (χ0) is 35.6. The van der Waals surface area contributed by atoms with E-state index in [1.54, 1.807) is 11.3 Å². The molecule has 0 saturated carbocycles. The number of benzene rings is 8. The predicted molar refractivity (Wildman–Crippen MR) is 229 cm³/mol. The van der Waals surface area contributed by atoms with Crippen LogP contribution in [0.2, 0.25) is 0 Å². The first kappa shape index (κ1) is 30.7. The van der Waals surface area contributed by atoms with Crippen molar-refractivity contribution in [1.29, 1.82) is 0 Å². The first-order valence-electron chi connectivity index (χ1n) is 18.2. The Labute approximate surface area is 316 Å². The number of nitrogens with zero attached hydrogens (tertiary/aromatic N) is 3. The maximum atomic E-state index is 5.44. The zero-order valence-corrected chi connectivity index (χ0v) is 30.0. The molecule has 3 heterocycles. The highest BCUT2D eigenvalue weighted by Gasteiger charge is 2.19. The summed E-state index contributed by atoms with van der Waals surface area (Å²) in [6.45, 7) is 0. The van der Waals surface area contributed by atoms with Crippen molar-refractivity contribution in [3.63, 3.8) is 0 Å². The summed E-state index contributed by atoms with van der Waals surface area (Å²) in [4.78, 5) is 10.8. The molecule has 0 aliphatic heterocycles. The minimum absolute atomic E-state index is 0.714. The van der Waals surface area contributed by atoms with Crippen molar-refractivity contribution in [3.05, 3.63) is 188 Å². The van der Waals surface area contributed by atoms with Gasteiger partial charge >= 0.3 is 0 Å². The van der Waals surface area contributed by atoms with Crippen LogP contribution in [0.5, 0.6) is 0 Å². The third-order valence-electron chi connectivity index (χ3n) is 10.6. The average molecular weight is 706 g/mol. The second kappa shape index (κ2) is 12.4. The Balaban J connectivity index is 1.12. The average Bonchev–Trinajstić information content (AvgIpc) is 3.79. The van der Waals surface area contributed by atoms with Gasteiger partial charge in [0.25, 0.3) is 0 Å². The molecule has 11 rings (SSSR count). The van der Waals surface area contributed by atoms with Gasteiger partial charge in [-0.3, -0.25) is 0 Å². The fraction of sp³-hybridized carbons (Fsp3) is 0. The van der Waals surface area contributed by atoms with Crippen LogP contribution in [0.1, 0.15) is 0 Å². The van der Waals surface area contributed by atoms with E-state index in [0.717, 1.165) is 43.7 Å². The summed E-state index contributed by atoms with van der Waals surface area (Å²) in [5.41, 5.74) is 12.2. The van der Waals surface area contributed by atoms with Crippen molar-refractivity contribution >= 4 is 64.2 Å². The van der Waals surface area contributed by atoms with Gasteiger partial charge in [0.15, 0.2) is 5.82 Å². The van der Waals surface area contributed by atoms with Crippen LogP contribution >= 0.6 is 11.3 Å². The Morgan fingerprint density at radius 3 is 1.80 bits per heavy atom. The molecule has 0 fully saturated rings. The number of thiophene rings is 1. The molecule has 0 aliphatic rings. The lowest BCUT2D eigenvalue weighted by Crippen LogP contribution is -1.97. The van der Waals surface area contributed by atoms with Crippen LogP contribution in [0, 0.1) is 0 Å². The van der Waals surface area contributed by atoms with E-state index in [0.29, 0.717) is 5.82 Å². The quantitative estimate of drug-likeness (QED) is 0.178. The van der Waals surface area contributed by atoms with Gasteiger partial charge in [-0.25, -0.2) is 9.97 Å². The van der Waals surface area contributed by atoms with Gasteiger partial charge in [-0.1, -0.05) is 152 Å². The molecule has 3 nitrogen and oxygen atoms in total. The smallest absolute Gasteiger partial charge is 0.160 e. The number of fused-ring (bicyclic) bond motifs is 7. The van der Waals surface area contributed by atoms with E-state index in [1.807, 2.05) is 0 Å². The lowest BCUT2D eigenvalue weighted by molar-refractivity contribution is 1.17. The second-order valence-electron chi connectivity index (χ2n) is 13.7. The molecule has 54 heavy (non-hydrogen) atoms. The van der Waals surface area contributed by atoms with Crippen LogP contribution in [0.25, 0.3) is 103 Å². The molecule has 0 aliphatic carbocycles. The summed E-state index contributed by atoms with van der Waals surface area (Å²) < 4.78 is 4.65. The molecule has 0 atom stereocenters. The maximum Gasteiger partial charge on any atom is 0.160 e.